The van der Waals surface area contributed by atoms with Crippen molar-refractivity contribution in [1.82, 2.24) is 4.98 Å². The maximum absolute atomic E-state index is 5.96. The predicted octanol–water partition coefficient (Wildman–Crippen LogP) is 3.90. The van der Waals surface area contributed by atoms with Gasteiger partial charge in [0.05, 0.1) is 6.61 Å². The van der Waals surface area contributed by atoms with E-state index < -0.39 is 5.54 Å². The molecule has 0 amide bonds. The molecule has 0 bridgehead atoms. The van der Waals surface area contributed by atoms with Gasteiger partial charge in [0.2, 0.25) is 0 Å². The van der Waals surface area contributed by atoms with E-state index in [2.05, 4.69) is 42.2 Å². The van der Waals surface area contributed by atoms with Crippen LogP contribution < -0.4 is 5.73 Å². The van der Waals surface area contributed by atoms with E-state index in [0.29, 0.717) is 25.0 Å². The van der Waals surface area contributed by atoms with Crippen LogP contribution in [0.25, 0.3) is 11.1 Å². The van der Waals surface area contributed by atoms with Gasteiger partial charge in [-0.25, -0.2) is 4.98 Å². The highest BCUT2D eigenvalue weighted by molar-refractivity contribution is 5.82. The molecule has 3 aromatic rings. The Bertz CT molecular complexity index is 1030. The van der Waals surface area contributed by atoms with Crippen LogP contribution in [0.1, 0.15) is 48.3 Å². The summed E-state index contributed by atoms with van der Waals surface area (Å²) >= 11 is 0. The van der Waals surface area contributed by atoms with Crippen LogP contribution in [0.5, 0.6) is 0 Å². The molecule has 0 saturated heterocycles. The van der Waals surface area contributed by atoms with E-state index in [1.54, 1.807) is 0 Å². The van der Waals surface area contributed by atoms with Crippen molar-refractivity contribution in [1.29, 1.82) is 0 Å². The van der Waals surface area contributed by atoms with E-state index in [9.17, 15) is 0 Å². The molecule has 1 saturated carbocycles. The molecule has 2 N–H and O–H groups in total. The molecule has 1 atom stereocenters. The second-order valence-electron chi connectivity index (χ2n) is 7.84. The molecular formula is C22H23N3O2. The second-order valence-corrected chi connectivity index (χ2v) is 7.84. The number of hydrogen-bond acceptors (Lipinski definition) is 5. The highest BCUT2D eigenvalue weighted by Crippen LogP contribution is 2.41. The first-order valence-electron chi connectivity index (χ1n) is 9.50. The Hall–Kier alpha value is -2.66. The maximum atomic E-state index is 5.96. The summed E-state index contributed by atoms with van der Waals surface area (Å²) in [6, 6.07) is 14.7. The number of rotatable bonds is 4. The first-order chi connectivity index (χ1) is 13.1. The highest BCUT2D eigenvalue weighted by Gasteiger charge is 2.31. The Kier molecular flexibility index (Phi) is 3.79. The molecule has 5 rings (SSSR count). The smallest absolute Gasteiger partial charge is 0.198 e. The molecule has 1 aromatic heterocycles. The van der Waals surface area contributed by atoms with Crippen molar-refractivity contribution in [3.8, 4) is 0 Å². The molecule has 138 valence electrons. The van der Waals surface area contributed by atoms with Gasteiger partial charge in [-0.2, -0.15) is 0 Å². The first-order valence-corrected chi connectivity index (χ1v) is 9.50. The number of hydrogen-bond donors (Lipinski definition) is 1. The van der Waals surface area contributed by atoms with Crippen molar-refractivity contribution >= 4 is 16.9 Å². The van der Waals surface area contributed by atoms with Crippen LogP contribution in [0, 0.1) is 0 Å². The fourth-order valence-corrected chi connectivity index (χ4v) is 3.79. The Morgan fingerprint density at radius 1 is 1.19 bits per heavy atom. The SMILES string of the molecule is CC1(c2cccc(Cc3cccc4oc(C5CC5)nc34)c2)COCC(N)=N1. The molecule has 1 aliphatic carbocycles. The third-order valence-electron chi connectivity index (χ3n) is 5.41. The molecule has 5 nitrogen and oxygen atoms in total. The summed E-state index contributed by atoms with van der Waals surface area (Å²) in [6.07, 6.45) is 3.18. The van der Waals surface area contributed by atoms with Gasteiger partial charge in [-0.15, -0.1) is 0 Å². The van der Waals surface area contributed by atoms with Crippen LogP contribution in [-0.4, -0.2) is 24.0 Å². The fourth-order valence-electron chi connectivity index (χ4n) is 3.79. The third kappa shape index (κ3) is 3.12. The summed E-state index contributed by atoms with van der Waals surface area (Å²) in [5.74, 6) is 1.96. The van der Waals surface area contributed by atoms with Gasteiger partial charge in [0.25, 0.3) is 0 Å². The maximum Gasteiger partial charge on any atom is 0.198 e. The monoisotopic (exact) mass is 361 g/mol. The van der Waals surface area contributed by atoms with Crippen molar-refractivity contribution in [3.63, 3.8) is 0 Å². The number of aromatic nitrogens is 1. The molecule has 27 heavy (non-hydrogen) atoms. The summed E-state index contributed by atoms with van der Waals surface area (Å²) in [6.45, 7) is 3.02. The molecule has 1 aliphatic heterocycles. The second kappa shape index (κ2) is 6.20. The normalized spacial score (nSPS) is 22.8. The highest BCUT2D eigenvalue weighted by atomic mass is 16.5. The largest absolute Gasteiger partial charge is 0.440 e. The number of aliphatic imine (C=N–C) groups is 1. The van der Waals surface area contributed by atoms with Gasteiger partial charge in [-0.3, -0.25) is 4.99 Å². The summed E-state index contributed by atoms with van der Waals surface area (Å²) in [5, 5.41) is 0. The first kappa shape index (κ1) is 16.5. The molecule has 1 fully saturated rings. The van der Waals surface area contributed by atoms with E-state index in [0.717, 1.165) is 29.0 Å². The zero-order chi connectivity index (χ0) is 18.4. The molecule has 2 aliphatic rings. The minimum atomic E-state index is -0.433. The van der Waals surface area contributed by atoms with Crippen LogP contribution in [0.3, 0.4) is 0 Å². The number of amidine groups is 1. The van der Waals surface area contributed by atoms with E-state index in [1.807, 2.05) is 12.1 Å². The number of nitrogens with zero attached hydrogens (tertiary/aromatic N) is 2. The summed E-state index contributed by atoms with van der Waals surface area (Å²) < 4.78 is 11.6. The number of ether oxygens (including phenoxy) is 1. The zero-order valence-corrected chi connectivity index (χ0v) is 15.4. The molecule has 0 spiro atoms. The summed E-state index contributed by atoms with van der Waals surface area (Å²) in [7, 11) is 0. The van der Waals surface area contributed by atoms with Gasteiger partial charge in [0.15, 0.2) is 11.5 Å². The van der Waals surface area contributed by atoms with Crippen molar-refractivity contribution < 1.29 is 9.15 Å². The van der Waals surface area contributed by atoms with Crippen molar-refractivity contribution in [2.75, 3.05) is 13.2 Å². The van der Waals surface area contributed by atoms with Gasteiger partial charge in [0.1, 0.15) is 23.5 Å². The number of benzene rings is 2. The van der Waals surface area contributed by atoms with Gasteiger partial charge in [0, 0.05) is 5.92 Å². The molecule has 1 unspecified atom stereocenters. The van der Waals surface area contributed by atoms with Gasteiger partial charge >= 0.3 is 0 Å². The molecule has 5 heteroatoms. The predicted molar refractivity (Wildman–Crippen MR) is 105 cm³/mol. The van der Waals surface area contributed by atoms with Crippen molar-refractivity contribution in [3.05, 3.63) is 65.0 Å². The average molecular weight is 361 g/mol. The van der Waals surface area contributed by atoms with E-state index in [4.69, 9.17) is 19.9 Å². The zero-order valence-electron chi connectivity index (χ0n) is 15.4. The van der Waals surface area contributed by atoms with Gasteiger partial charge in [-0.1, -0.05) is 36.4 Å². The fraction of sp³-hybridized carbons (Fsp3) is 0.364. The lowest BCUT2D eigenvalue weighted by molar-refractivity contribution is 0.106. The third-order valence-corrected chi connectivity index (χ3v) is 5.41. The summed E-state index contributed by atoms with van der Waals surface area (Å²) in [4.78, 5) is 9.44. The van der Waals surface area contributed by atoms with Crippen LogP contribution in [0.2, 0.25) is 0 Å². The van der Waals surface area contributed by atoms with Crippen LogP contribution in [-0.2, 0) is 16.7 Å². The molecule has 0 radical (unpaired) electrons. The van der Waals surface area contributed by atoms with Crippen LogP contribution in [0.4, 0.5) is 0 Å². The van der Waals surface area contributed by atoms with Crippen molar-refractivity contribution in [2.45, 2.75) is 37.6 Å². The number of fused-ring (bicyclic) bond motifs is 1. The number of nitrogens with two attached hydrogens (primary N) is 1. The Balaban J connectivity index is 1.48. The molecule has 2 aromatic carbocycles. The molecule has 2 heterocycles. The quantitative estimate of drug-likeness (QED) is 0.765. The molecular weight excluding hydrogens is 338 g/mol. The van der Waals surface area contributed by atoms with Crippen LogP contribution in [0.15, 0.2) is 51.9 Å². The standard InChI is InChI=1S/C22H23N3O2/c1-22(13-26-12-19(23)25-22)17-6-2-4-14(11-17)10-16-5-3-7-18-20(16)24-21(27-18)15-8-9-15/h2-7,11,15H,8-10,12-13H2,1H3,(H2,23,25). The number of oxazole rings is 1. The average Bonchev–Trinajstić information content (AvgIpc) is 3.41. The van der Waals surface area contributed by atoms with Crippen LogP contribution >= 0.6 is 0 Å². The van der Waals surface area contributed by atoms with Crippen molar-refractivity contribution in [2.24, 2.45) is 10.7 Å². The Morgan fingerprint density at radius 2 is 2.04 bits per heavy atom. The van der Waals surface area contributed by atoms with E-state index >= 15 is 0 Å². The number of para-hydroxylation sites is 1. The topological polar surface area (TPSA) is 73.6 Å². The van der Waals surface area contributed by atoms with E-state index in [-0.39, 0.29) is 0 Å². The Labute approximate surface area is 158 Å². The minimum absolute atomic E-state index is 0.409. The lowest BCUT2D eigenvalue weighted by atomic mass is 9.90. The Morgan fingerprint density at radius 3 is 2.85 bits per heavy atom. The lowest BCUT2D eigenvalue weighted by Gasteiger charge is -2.30. The minimum Gasteiger partial charge on any atom is -0.440 e. The van der Waals surface area contributed by atoms with Gasteiger partial charge in [-0.05, 0) is 48.9 Å². The van der Waals surface area contributed by atoms with E-state index in [1.165, 1.54) is 24.0 Å². The summed E-state index contributed by atoms with van der Waals surface area (Å²) in [5.41, 5.74) is 10.9. The lowest BCUT2D eigenvalue weighted by Crippen LogP contribution is -2.37. The van der Waals surface area contributed by atoms with Gasteiger partial charge < -0.3 is 14.9 Å².